The SMILES string of the molecule is Oc1ccc(C23CC4CC(CC(C4)C2)C3)cc1/C=N/Nc1nc2ccccc2s1. The number of phenols is 1. The van der Waals surface area contributed by atoms with Crippen molar-refractivity contribution in [1.82, 2.24) is 4.98 Å². The number of phenolic OH excluding ortho intramolecular Hbond substituents is 1. The first kappa shape index (κ1) is 17.5. The van der Waals surface area contributed by atoms with Gasteiger partial charge in [0, 0.05) is 5.56 Å². The standard InChI is InChI=1S/C24H25N3OS/c28-21-6-5-19(24-11-15-7-16(12-24)9-17(8-15)13-24)10-18(21)14-25-27-23-26-20-3-1-2-4-22(20)29-23/h1-6,10,14-17,28H,7-9,11-13H2,(H,26,27)/b25-14+. The summed E-state index contributed by atoms with van der Waals surface area (Å²) < 4.78 is 1.14. The minimum atomic E-state index is 0.285. The summed E-state index contributed by atoms with van der Waals surface area (Å²) in [5.74, 6) is 3.02. The summed E-state index contributed by atoms with van der Waals surface area (Å²) in [7, 11) is 0. The maximum Gasteiger partial charge on any atom is 0.204 e. The van der Waals surface area contributed by atoms with Gasteiger partial charge in [-0.2, -0.15) is 5.10 Å². The van der Waals surface area contributed by atoms with Gasteiger partial charge in [-0.05, 0) is 91.5 Å². The number of fused-ring (bicyclic) bond motifs is 1. The van der Waals surface area contributed by atoms with Gasteiger partial charge in [-0.25, -0.2) is 4.98 Å². The molecule has 0 aliphatic heterocycles. The molecule has 5 heteroatoms. The third-order valence-electron chi connectivity index (χ3n) is 7.34. The predicted octanol–water partition coefficient (Wildman–Crippen LogP) is 5.92. The Morgan fingerprint density at radius 2 is 1.76 bits per heavy atom. The van der Waals surface area contributed by atoms with E-state index in [1.54, 1.807) is 17.6 Å². The van der Waals surface area contributed by atoms with E-state index in [0.717, 1.165) is 38.7 Å². The quantitative estimate of drug-likeness (QED) is 0.420. The Morgan fingerprint density at radius 3 is 2.48 bits per heavy atom. The zero-order valence-corrected chi connectivity index (χ0v) is 17.2. The van der Waals surface area contributed by atoms with Gasteiger partial charge in [0.25, 0.3) is 0 Å². The fourth-order valence-electron chi connectivity index (χ4n) is 6.53. The molecule has 4 bridgehead atoms. The average molecular weight is 404 g/mol. The summed E-state index contributed by atoms with van der Waals surface area (Å²) in [4.78, 5) is 4.54. The maximum absolute atomic E-state index is 10.4. The third-order valence-corrected chi connectivity index (χ3v) is 8.28. The van der Waals surface area contributed by atoms with Gasteiger partial charge in [0.15, 0.2) is 0 Å². The van der Waals surface area contributed by atoms with E-state index in [1.807, 2.05) is 24.3 Å². The highest BCUT2D eigenvalue weighted by Crippen LogP contribution is 2.60. The first-order chi connectivity index (χ1) is 14.2. The van der Waals surface area contributed by atoms with Gasteiger partial charge in [0.1, 0.15) is 5.75 Å². The fraction of sp³-hybridized carbons (Fsp3) is 0.417. The maximum atomic E-state index is 10.4. The van der Waals surface area contributed by atoms with Crippen molar-refractivity contribution in [3.8, 4) is 5.75 Å². The molecule has 0 saturated heterocycles. The molecule has 0 spiro atoms. The first-order valence-electron chi connectivity index (χ1n) is 10.6. The van der Waals surface area contributed by atoms with Crippen LogP contribution in [0.3, 0.4) is 0 Å². The zero-order valence-electron chi connectivity index (χ0n) is 16.3. The van der Waals surface area contributed by atoms with Crippen LogP contribution < -0.4 is 5.43 Å². The van der Waals surface area contributed by atoms with Crippen LogP contribution in [0, 0.1) is 17.8 Å². The zero-order chi connectivity index (χ0) is 19.4. The lowest BCUT2D eigenvalue weighted by Gasteiger charge is -2.57. The summed E-state index contributed by atoms with van der Waals surface area (Å²) in [5, 5.41) is 15.5. The molecule has 4 aliphatic rings. The minimum Gasteiger partial charge on any atom is -0.507 e. The molecule has 0 radical (unpaired) electrons. The number of nitrogens with zero attached hydrogens (tertiary/aromatic N) is 2. The second-order valence-electron chi connectivity index (χ2n) is 9.33. The number of thiazole rings is 1. The first-order valence-corrected chi connectivity index (χ1v) is 11.5. The van der Waals surface area contributed by atoms with E-state index in [9.17, 15) is 5.11 Å². The molecule has 0 unspecified atom stereocenters. The summed E-state index contributed by atoms with van der Waals surface area (Å²) >= 11 is 1.58. The molecule has 29 heavy (non-hydrogen) atoms. The molecule has 0 atom stereocenters. The van der Waals surface area contributed by atoms with Crippen LogP contribution in [-0.2, 0) is 5.41 Å². The smallest absolute Gasteiger partial charge is 0.204 e. The van der Waals surface area contributed by atoms with Gasteiger partial charge >= 0.3 is 0 Å². The molecular formula is C24H25N3OS. The molecule has 2 N–H and O–H groups in total. The van der Waals surface area contributed by atoms with Gasteiger partial charge in [-0.15, -0.1) is 0 Å². The number of rotatable bonds is 4. The van der Waals surface area contributed by atoms with E-state index in [0.29, 0.717) is 5.41 Å². The Balaban J connectivity index is 1.25. The van der Waals surface area contributed by atoms with Crippen LogP contribution in [0.2, 0.25) is 0 Å². The Labute approximate surface area is 174 Å². The van der Waals surface area contributed by atoms with Crippen molar-refractivity contribution >= 4 is 32.9 Å². The van der Waals surface area contributed by atoms with Gasteiger partial charge in [0.2, 0.25) is 5.13 Å². The molecule has 3 aromatic rings. The molecule has 0 amide bonds. The fourth-order valence-corrected chi connectivity index (χ4v) is 7.34. The van der Waals surface area contributed by atoms with Gasteiger partial charge < -0.3 is 5.11 Å². The highest BCUT2D eigenvalue weighted by molar-refractivity contribution is 7.22. The van der Waals surface area contributed by atoms with Crippen molar-refractivity contribution in [2.24, 2.45) is 22.9 Å². The lowest BCUT2D eigenvalue weighted by molar-refractivity contribution is -0.00520. The number of hydrazone groups is 1. The van der Waals surface area contributed by atoms with E-state index in [-0.39, 0.29) is 5.75 Å². The van der Waals surface area contributed by atoms with E-state index in [2.05, 4.69) is 33.7 Å². The van der Waals surface area contributed by atoms with Crippen LogP contribution in [0.1, 0.15) is 49.7 Å². The summed E-state index contributed by atoms with van der Waals surface area (Å²) in [6.45, 7) is 0. The van der Waals surface area contributed by atoms with Crippen LogP contribution >= 0.6 is 11.3 Å². The van der Waals surface area contributed by atoms with Crippen molar-refractivity contribution in [2.75, 3.05) is 5.43 Å². The Hall–Kier alpha value is -2.40. The molecule has 148 valence electrons. The normalized spacial score (nSPS) is 30.4. The van der Waals surface area contributed by atoms with Crippen LogP contribution in [0.5, 0.6) is 5.75 Å². The number of anilines is 1. The molecule has 1 heterocycles. The van der Waals surface area contributed by atoms with Crippen LogP contribution in [-0.4, -0.2) is 16.3 Å². The van der Waals surface area contributed by atoms with E-state index < -0.39 is 0 Å². The van der Waals surface area contributed by atoms with Gasteiger partial charge in [-0.3, -0.25) is 5.43 Å². The third kappa shape index (κ3) is 3.03. The summed E-state index contributed by atoms with van der Waals surface area (Å²) in [5.41, 5.74) is 6.51. The number of hydrogen-bond donors (Lipinski definition) is 2. The van der Waals surface area contributed by atoms with Crippen LogP contribution in [0.4, 0.5) is 5.13 Å². The molecule has 2 aromatic carbocycles. The second-order valence-corrected chi connectivity index (χ2v) is 10.4. The highest BCUT2D eigenvalue weighted by atomic mass is 32.1. The number of aromatic hydroxyl groups is 1. The number of aromatic nitrogens is 1. The molecular weight excluding hydrogens is 378 g/mol. The van der Waals surface area contributed by atoms with Gasteiger partial charge in [0.05, 0.1) is 16.4 Å². The van der Waals surface area contributed by atoms with E-state index in [4.69, 9.17) is 0 Å². The summed E-state index contributed by atoms with van der Waals surface area (Å²) in [6, 6.07) is 14.2. The van der Waals surface area contributed by atoms with Gasteiger partial charge in [-0.1, -0.05) is 29.5 Å². The Kier molecular flexibility index (Phi) is 3.95. The van der Waals surface area contributed by atoms with Crippen molar-refractivity contribution < 1.29 is 5.11 Å². The Morgan fingerprint density at radius 1 is 1.03 bits per heavy atom. The topological polar surface area (TPSA) is 57.5 Å². The molecule has 4 aliphatic carbocycles. The number of hydrogen-bond acceptors (Lipinski definition) is 5. The number of nitrogens with one attached hydrogen (secondary N) is 1. The molecule has 7 rings (SSSR count). The van der Waals surface area contributed by atoms with Crippen molar-refractivity contribution in [2.45, 2.75) is 43.9 Å². The monoisotopic (exact) mass is 403 g/mol. The largest absolute Gasteiger partial charge is 0.507 e. The van der Waals surface area contributed by atoms with E-state index in [1.165, 1.54) is 44.1 Å². The average Bonchev–Trinajstić information content (AvgIpc) is 3.11. The minimum absolute atomic E-state index is 0.285. The summed E-state index contributed by atoms with van der Waals surface area (Å²) in [6.07, 6.45) is 10.0. The lowest BCUT2D eigenvalue weighted by Crippen LogP contribution is -2.48. The van der Waals surface area contributed by atoms with Crippen molar-refractivity contribution in [1.29, 1.82) is 0 Å². The molecule has 4 saturated carbocycles. The Bertz CT molecular complexity index is 1030. The molecule has 4 fully saturated rings. The molecule has 1 aromatic heterocycles. The lowest BCUT2D eigenvalue weighted by atomic mass is 9.48. The number of benzene rings is 2. The van der Waals surface area contributed by atoms with Crippen molar-refractivity contribution in [3.63, 3.8) is 0 Å². The van der Waals surface area contributed by atoms with Crippen molar-refractivity contribution in [3.05, 3.63) is 53.6 Å². The predicted molar refractivity (Wildman–Crippen MR) is 119 cm³/mol. The van der Waals surface area contributed by atoms with E-state index >= 15 is 0 Å². The number of para-hydroxylation sites is 1. The van der Waals surface area contributed by atoms with Crippen LogP contribution in [0.15, 0.2) is 47.6 Å². The highest BCUT2D eigenvalue weighted by Gasteiger charge is 2.51. The van der Waals surface area contributed by atoms with Crippen LogP contribution in [0.25, 0.3) is 10.2 Å². The molecule has 4 nitrogen and oxygen atoms in total. The second kappa shape index (κ2) is 6.56.